The van der Waals surface area contributed by atoms with E-state index in [-0.39, 0.29) is 0 Å². The second-order valence-electron chi connectivity index (χ2n) is 4.58. The molecular formula is C13H16O2S. The third-order valence-corrected chi connectivity index (χ3v) is 3.55. The molecule has 86 valence electrons. The SMILES string of the molecule is COc1cccc2cc(CC(C)(C)O)sc12. The van der Waals surface area contributed by atoms with Crippen LogP contribution in [0.4, 0.5) is 0 Å². The predicted molar refractivity (Wildman–Crippen MR) is 68.4 cm³/mol. The van der Waals surface area contributed by atoms with Crippen LogP contribution in [0.15, 0.2) is 24.3 Å². The van der Waals surface area contributed by atoms with Gasteiger partial charge in [0.15, 0.2) is 0 Å². The quantitative estimate of drug-likeness (QED) is 0.886. The number of fused-ring (bicyclic) bond motifs is 1. The maximum Gasteiger partial charge on any atom is 0.136 e. The van der Waals surface area contributed by atoms with Crippen molar-refractivity contribution in [3.63, 3.8) is 0 Å². The summed E-state index contributed by atoms with van der Waals surface area (Å²) in [6.07, 6.45) is 0.676. The van der Waals surface area contributed by atoms with Gasteiger partial charge in [0.25, 0.3) is 0 Å². The zero-order chi connectivity index (χ0) is 11.8. The van der Waals surface area contributed by atoms with Crippen LogP contribution in [0.3, 0.4) is 0 Å². The van der Waals surface area contributed by atoms with Gasteiger partial charge in [-0.1, -0.05) is 12.1 Å². The fourth-order valence-corrected chi connectivity index (χ4v) is 3.13. The summed E-state index contributed by atoms with van der Waals surface area (Å²) in [5, 5.41) is 11.0. The van der Waals surface area contributed by atoms with E-state index >= 15 is 0 Å². The van der Waals surface area contributed by atoms with Gasteiger partial charge in [-0.15, -0.1) is 11.3 Å². The number of hydrogen-bond acceptors (Lipinski definition) is 3. The molecule has 16 heavy (non-hydrogen) atoms. The Morgan fingerprint density at radius 2 is 2.12 bits per heavy atom. The Hall–Kier alpha value is -1.06. The highest BCUT2D eigenvalue weighted by atomic mass is 32.1. The lowest BCUT2D eigenvalue weighted by Gasteiger charge is -2.14. The van der Waals surface area contributed by atoms with Crippen molar-refractivity contribution in [1.82, 2.24) is 0 Å². The van der Waals surface area contributed by atoms with Gasteiger partial charge >= 0.3 is 0 Å². The second kappa shape index (κ2) is 4.07. The first-order valence-corrected chi connectivity index (χ1v) is 6.09. The van der Waals surface area contributed by atoms with Crippen LogP contribution >= 0.6 is 11.3 Å². The maximum absolute atomic E-state index is 9.80. The Morgan fingerprint density at radius 3 is 2.75 bits per heavy atom. The molecule has 0 radical (unpaired) electrons. The van der Waals surface area contributed by atoms with Crippen LogP contribution in [0.5, 0.6) is 5.75 Å². The van der Waals surface area contributed by atoms with Gasteiger partial charge in [-0.2, -0.15) is 0 Å². The van der Waals surface area contributed by atoms with Gasteiger partial charge in [-0.05, 0) is 31.4 Å². The van der Waals surface area contributed by atoms with Gasteiger partial charge in [-0.25, -0.2) is 0 Å². The number of ether oxygens (including phenoxy) is 1. The van der Waals surface area contributed by atoms with E-state index in [1.165, 1.54) is 10.3 Å². The first-order valence-electron chi connectivity index (χ1n) is 5.27. The Kier molecular flexibility index (Phi) is 2.91. The highest BCUT2D eigenvalue weighted by molar-refractivity contribution is 7.19. The molecule has 0 amide bonds. The normalized spacial score (nSPS) is 12.0. The summed E-state index contributed by atoms with van der Waals surface area (Å²) < 4.78 is 6.48. The number of thiophene rings is 1. The molecule has 1 aromatic carbocycles. The molecule has 2 nitrogen and oxygen atoms in total. The molecule has 1 aromatic heterocycles. The topological polar surface area (TPSA) is 29.5 Å². The van der Waals surface area contributed by atoms with Crippen LogP contribution in [0.25, 0.3) is 10.1 Å². The Morgan fingerprint density at radius 1 is 1.38 bits per heavy atom. The highest BCUT2D eigenvalue weighted by Crippen LogP contribution is 2.34. The highest BCUT2D eigenvalue weighted by Gasteiger charge is 2.16. The van der Waals surface area contributed by atoms with Crippen molar-refractivity contribution in [2.24, 2.45) is 0 Å². The smallest absolute Gasteiger partial charge is 0.136 e. The first-order chi connectivity index (χ1) is 7.49. The van der Waals surface area contributed by atoms with E-state index in [0.29, 0.717) is 6.42 Å². The van der Waals surface area contributed by atoms with Crippen molar-refractivity contribution in [2.75, 3.05) is 7.11 Å². The third-order valence-electron chi connectivity index (χ3n) is 2.39. The lowest BCUT2D eigenvalue weighted by atomic mass is 10.0. The van der Waals surface area contributed by atoms with E-state index in [2.05, 4.69) is 12.1 Å². The average molecular weight is 236 g/mol. The average Bonchev–Trinajstić information content (AvgIpc) is 2.56. The van der Waals surface area contributed by atoms with Gasteiger partial charge in [0.2, 0.25) is 0 Å². The van der Waals surface area contributed by atoms with Crippen LogP contribution in [0, 0.1) is 0 Å². The van der Waals surface area contributed by atoms with Crippen LogP contribution in [0.2, 0.25) is 0 Å². The van der Waals surface area contributed by atoms with Gasteiger partial charge in [0, 0.05) is 11.3 Å². The fourth-order valence-electron chi connectivity index (χ4n) is 1.76. The molecule has 1 N–H and O–H groups in total. The van der Waals surface area contributed by atoms with Gasteiger partial charge in [-0.3, -0.25) is 0 Å². The molecule has 0 unspecified atom stereocenters. The Balaban J connectivity index is 2.44. The molecule has 0 aliphatic carbocycles. The summed E-state index contributed by atoms with van der Waals surface area (Å²) in [7, 11) is 1.68. The molecule has 0 fully saturated rings. The molecular weight excluding hydrogens is 220 g/mol. The van der Waals surface area contributed by atoms with Crippen molar-refractivity contribution in [3.8, 4) is 5.75 Å². The monoisotopic (exact) mass is 236 g/mol. The zero-order valence-corrected chi connectivity index (χ0v) is 10.6. The van der Waals surface area contributed by atoms with Gasteiger partial charge in [0.05, 0.1) is 17.4 Å². The summed E-state index contributed by atoms with van der Waals surface area (Å²) >= 11 is 1.69. The van der Waals surface area contributed by atoms with Crippen molar-refractivity contribution < 1.29 is 9.84 Å². The van der Waals surface area contributed by atoms with Crippen LogP contribution in [-0.2, 0) is 6.42 Å². The molecule has 2 rings (SSSR count). The Bertz CT molecular complexity index is 494. The van der Waals surface area contributed by atoms with Crippen LogP contribution in [-0.4, -0.2) is 17.8 Å². The fraction of sp³-hybridized carbons (Fsp3) is 0.385. The first kappa shape index (κ1) is 11.4. The van der Waals surface area contributed by atoms with Crippen LogP contribution < -0.4 is 4.74 Å². The minimum atomic E-state index is -0.659. The zero-order valence-electron chi connectivity index (χ0n) is 9.78. The third kappa shape index (κ3) is 2.36. The predicted octanol–water partition coefficient (Wildman–Crippen LogP) is 3.22. The summed E-state index contributed by atoms with van der Waals surface area (Å²) in [5.41, 5.74) is -0.659. The lowest BCUT2D eigenvalue weighted by Crippen LogP contribution is -2.20. The maximum atomic E-state index is 9.80. The Labute approximate surface area is 99.5 Å². The molecule has 3 heteroatoms. The number of hydrogen-bond donors (Lipinski definition) is 1. The van der Waals surface area contributed by atoms with E-state index in [9.17, 15) is 5.11 Å². The van der Waals surface area contributed by atoms with E-state index in [1.54, 1.807) is 18.4 Å². The second-order valence-corrected chi connectivity index (χ2v) is 5.72. The summed E-state index contributed by atoms with van der Waals surface area (Å²) in [4.78, 5) is 1.19. The molecule has 0 bridgehead atoms. The molecule has 2 aromatic rings. The van der Waals surface area contributed by atoms with Gasteiger partial charge in [0.1, 0.15) is 5.75 Å². The van der Waals surface area contributed by atoms with Gasteiger partial charge < -0.3 is 9.84 Å². The van der Waals surface area contributed by atoms with E-state index < -0.39 is 5.60 Å². The van der Waals surface area contributed by atoms with Crippen molar-refractivity contribution >= 4 is 21.4 Å². The van der Waals surface area contributed by atoms with Crippen molar-refractivity contribution in [2.45, 2.75) is 25.9 Å². The minimum absolute atomic E-state index is 0.659. The minimum Gasteiger partial charge on any atom is -0.495 e. The van der Waals surface area contributed by atoms with E-state index in [4.69, 9.17) is 4.74 Å². The number of methoxy groups -OCH3 is 1. The summed E-state index contributed by atoms with van der Waals surface area (Å²) in [6.45, 7) is 3.66. The largest absolute Gasteiger partial charge is 0.495 e. The summed E-state index contributed by atoms with van der Waals surface area (Å²) in [5.74, 6) is 0.907. The van der Waals surface area contributed by atoms with Crippen molar-refractivity contribution in [3.05, 3.63) is 29.1 Å². The molecule has 0 saturated carbocycles. The van der Waals surface area contributed by atoms with E-state index in [0.717, 1.165) is 10.4 Å². The number of rotatable bonds is 3. The molecule has 1 heterocycles. The van der Waals surface area contributed by atoms with Crippen LogP contribution in [0.1, 0.15) is 18.7 Å². The summed E-state index contributed by atoms with van der Waals surface area (Å²) in [6, 6.07) is 8.15. The molecule has 0 atom stereocenters. The number of aliphatic hydroxyl groups is 1. The molecule has 0 aliphatic heterocycles. The lowest BCUT2D eigenvalue weighted by molar-refractivity contribution is 0.0819. The molecule has 0 spiro atoms. The van der Waals surface area contributed by atoms with E-state index in [1.807, 2.05) is 26.0 Å². The molecule has 0 aliphatic rings. The van der Waals surface area contributed by atoms with Crippen molar-refractivity contribution in [1.29, 1.82) is 0 Å². The number of benzene rings is 1. The molecule has 0 saturated heterocycles. The standard InChI is InChI=1S/C13H16O2S/c1-13(2,14)8-10-7-9-5-4-6-11(15-3)12(9)16-10/h4-7,14H,8H2,1-3H3.